The molecule has 0 radical (unpaired) electrons. The minimum Gasteiger partial charge on any atom is -0.490 e. The number of aliphatic carboxylic acids is 1. The Morgan fingerprint density at radius 3 is 2.35 bits per heavy atom. The van der Waals surface area contributed by atoms with Gasteiger partial charge in [0.15, 0.2) is 11.5 Å². The van der Waals surface area contributed by atoms with Crippen LogP contribution in [-0.4, -0.2) is 39.3 Å². The molecule has 20 heavy (non-hydrogen) atoms. The molecule has 0 bridgehead atoms. The first-order valence-electron chi connectivity index (χ1n) is 6.01. The Balaban J connectivity index is 3.06. The Morgan fingerprint density at radius 1 is 1.20 bits per heavy atom. The van der Waals surface area contributed by atoms with E-state index in [4.69, 9.17) is 14.6 Å². The number of benzene rings is 1. The number of rotatable bonds is 8. The third-order valence-electron chi connectivity index (χ3n) is 2.24. The normalized spacial score (nSPS) is 11.1. The molecule has 2 N–H and O–H groups in total. The van der Waals surface area contributed by atoms with E-state index in [2.05, 4.69) is 0 Å². The number of carbonyl (C=O) groups is 1. The van der Waals surface area contributed by atoms with Crippen LogP contribution in [0.15, 0.2) is 23.1 Å². The second-order valence-electron chi connectivity index (χ2n) is 3.69. The van der Waals surface area contributed by atoms with Crippen LogP contribution < -0.4 is 14.2 Å². The third kappa shape index (κ3) is 4.39. The maximum atomic E-state index is 11.9. The Labute approximate surface area is 117 Å². The van der Waals surface area contributed by atoms with Crippen molar-refractivity contribution in [3.05, 3.63) is 18.2 Å². The second-order valence-corrected chi connectivity index (χ2v) is 5.46. The lowest BCUT2D eigenvalue weighted by molar-refractivity contribution is -0.135. The molecule has 0 saturated heterocycles. The van der Waals surface area contributed by atoms with Gasteiger partial charge in [0.1, 0.15) is 6.54 Å². The number of hydrogen-bond acceptors (Lipinski definition) is 5. The highest BCUT2D eigenvalue weighted by atomic mass is 32.2. The summed E-state index contributed by atoms with van der Waals surface area (Å²) >= 11 is 0. The van der Waals surface area contributed by atoms with E-state index in [9.17, 15) is 13.2 Å². The Morgan fingerprint density at radius 2 is 1.80 bits per heavy atom. The maximum Gasteiger partial charge on any atom is 0.318 e. The zero-order chi connectivity index (χ0) is 15.2. The summed E-state index contributed by atoms with van der Waals surface area (Å²) in [7, 11) is -3.89. The van der Waals surface area contributed by atoms with Gasteiger partial charge in [-0.05, 0) is 26.0 Å². The molecule has 8 heteroatoms. The van der Waals surface area contributed by atoms with Gasteiger partial charge in [0.25, 0.3) is 0 Å². The smallest absolute Gasteiger partial charge is 0.318 e. The quantitative estimate of drug-likeness (QED) is 0.738. The van der Waals surface area contributed by atoms with Crippen LogP contribution in [0.2, 0.25) is 0 Å². The molecular formula is C12H17NO6S. The molecule has 0 spiro atoms. The number of sulfonamides is 1. The van der Waals surface area contributed by atoms with Gasteiger partial charge < -0.3 is 14.6 Å². The molecule has 0 atom stereocenters. The molecule has 112 valence electrons. The first-order chi connectivity index (χ1) is 9.40. The van der Waals surface area contributed by atoms with Crippen molar-refractivity contribution < 1.29 is 27.8 Å². The average Bonchev–Trinajstić information content (AvgIpc) is 2.39. The van der Waals surface area contributed by atoms with Crippen LogP contribution in [0.4, 0.5) is 0 Å². The van der Waals surface area contributed by atoms with Crippen LogP contribution >= 0.6 is 0 Å². The molecule has 0 aliphatic heterocycles. The summed E-state index contributed by atoms with van der Waals surface area (Å²) in [6, 6.07) is 4.11. The zero-order valence-electron chi connectivity index (χ0n) is 11.3. The van der Waals surface area contributed by atoms with Gasteiger partial charge in [-0.15, -0.1) is 0 Å². The van der Waals surface area contributed by atoms with Gasteiger partial charge >= 0.3 is 5.97 Å². The summed E-state index contributed by atoms with van der Waals surface area (Å²) in [6.07, 6.45) is 0. The zero-order valence-corrected chi connectivity index (χ0v) is 12.1. The predicted octanol–water partition coefficient (Wildman–Crippen LogP) is 0.847. The Hall–Kier alpha value is -1.80. The summed E-state index contributed by atoms with van der Waals surface area (Å²) in [5.41, 5.74) is 0. The maximum absolute atomic E-state index is 11.9. The van der Waals surface area contributed by atoms with E-state index in [0.717, 1.165) is 0 Å². The highest BCUT2D eigenvalue weighted by molar-refractivity contribution is 7.89. The van der Waals surface area contributed by atoms with Crippen LogP contribution in [0.3, 0.4) is 0 Å². The molecule has 0 fully saturated rings. The Bertz CT molecular complexity index is 569. The topological polar surface area (TPSA) is 102 Å². The lowest BCUT2D eigenvalue weighted by Gasteiger charge is -2.12. The van der Waals surface area contributed by atoms with Gasteiger partial charge in [-0.25, -0.2) is 8.42 Å². The van der Waals surface area contributed by atoms with Crippen LogP contribution in [-0.2, 0) is 14.8 Å². The highest BCUT2D eigenvalue weighted by Crippen LogP contribution is 2.30. The van der Waals surface area contributed by atoms with E-state index in [1.54, 1.807) is 13.8 Å². The molecule has 1 aromatic carbocycles. The number of carboxylic acids is 1. The van der Waals surface area contributed by atoms with Crippen LogP contribution in [0.25, 0.3) is 0 Å². The molecule has 0 amide bonds. The minimum atomic E-state index is -3.89. The summed E-state index contributed by atoms with van der Waals surface area (Å²) in [5, 5.41) is 8.50. The third-order valence-corrected chi connectivity index (χ3v) is 3.64. The van der Waals surface area contributed by atoms with Crippen molar-refractivity contribution in [1.29, 1.82) is 0 Å². The first kappa shape index (κ1) is 16.3. The van der Waals surface area contributed by atoms with Gasteiger partial charge in [0.05, 0.1) is 18.1 Å². The summed E-state index contributed by atoms with van der Waals surface area (Å²) in [6.45, 7) is 3.66. The van der Waals surface area contributed by atoms with Gasteiger partial charge in [0.2, 0.25) is 10.0 Å². The van der Waals surface area contributed by atoms with Crippen LogP contribution in [0.1, 0.15) is 13.8 Å². The van der Waals surface area contributed by atoms with Crippen molar-refractivity contribution >= 4 is 16.0 Å². The number of nitrogens with one attached hydrogen (secondary N) is 1. The van der Waals surface area contributed by atoms with Crippen LogP contribution in [0.5, 0.6) is 11.5 Å². The highest BCUT2D eigenvalue weighted by Gasteiger charge is 2.18. The van der Waals surface area contributed by atoms with E-state index < -0.39 is 22.5 Å². The minimum absolute atomic E-state index is 0.0781. The fraction of sp³-hybridized carbons (Fsp3) is 0.417. The van der Waals surface area contributed by atoms with E-state index in [1.807, 2.05) is 4.72 Å². The molecule has 0 unspecified atom stereocenters. The summed E-state index contributed by atoms with van der Waals surface area (Å²) in [4.78, 5) is 10.3. The van der Waals surface area contributed by atoms with Gasteiger partial charge in [-0.1, -0.05) is 0 Å². The van der Waals surface area contributed by atoms with E-state index in [1.165, 1.54) is 18.2 Å². The monoisotopic (exact) mass is 303 g/mol. The average molecular weight is 303 g/mol. The van der Waals surface area contributed by atoms with E-state index in [-0.39, 0.29) is 4.90 Å². The number of ether oxygens (including phenoxy) is 2. The molecule has 7 nitrogen and oxygen atoms in total. The standard InChI is InChI=1S/C12H17NO6S/c1-3-18-10-6-5-9(7-11(10)19-4-2)20(16,17)13-8-12(14)15/h5-7,13H,3-4,8H2,1-2H3,(H,14,15). The van der Waals surface area contributed by atoms with Gasteiger partial charge in [-0.2, -0.15) is 4.72 Å². The molecule has 0 aromatic heterocycles. The van der Waals surface area contributed by atoms with Crippen molar-refractivity contribution in [2.75, 3.05) is 19.8 Å². The summed E-state index contributed by atoms with van der Waals surface area (Å²) in [5.74, 6) is -0.524. The van der Waals surface area contributed by atoms with Crippen molar-refractivity contribution in [3.8, 4) is 11.5 Å². The van der Waals surface area contributed by atoms with Gasteiger partial charge in [0, 0.05) is 6.07 Å². The van der Waals surface area contributed by atoms with Crippen LogP contribution in [0, 0.1) is 0 Å². The lowest BCUT2D eigenvalue weighted by Crippen LogP contribution is -2.29. The molecule has 1 rings (SSSR count). The molecule has 1 aromatic rings. The fourth-order valence-corrected chi connectivity index (χ4v) is 2.43. The first-order valence-corrected chi connectivity index (χ1v) is 7.50. The predicted molar refractivity (Wildman–Crippen MR) is 71.6 cm³/mol. The van der Waals surface area contributed by atoms with Crippen molar-refractivity contribution in [3.63, 3.8) is 0 Å². The summed E-state index contributed by atoms with van der Waals surface area (Å²) < 4.78 is 36.4. The molecule has 0 aliphatic carbocycles. The second kappa shape index (κ2) is 7.11. The van der Waals surface area contributed by atoms with E-state index in [0.29, 0.717) is 24.7 Å². The largest absolute Gasteiger partial charge is 0.490 e. The number of hydrogen-bond donors (Lipinski definition) is 2. The molecule has 0 aliphatic rings. The fourth-order valence-electron chi connectivity index (χ4n) is 1.44. The number of carboxylic acid groups (broad SMARTS) is 1. The molecule has 0 saturated carbocycles. The molecular weight excluding hydrogens is 286 g/mol. The van der Waals surface area contributed by atoms with E-state index >= 15 is 0 Å². The Kier molecular flexibility index (Phi) is 5.78. The van der Waals surface area contributed by atoms with Crippen molar-refractivity contribution in [2.24, 2.45) is 0 Å². The SMILES string of the molecule is CCOc1ccc(S(=O)(=O)NCC(=O)O)cc1OCC. The molecule has 0 heterocycles. The lowest BCUT2D eigenvalue weighted by atomic mass is 10.3. The van der Waals surface area contributed by atoms with Crippen molar-refractivity contribution in [1.82, 2.24) is 4.72 Å². The van der Waals surface area contributed by atoms with Crippen molar-refractivity contribution in [2.45, 2.75) is 18.7 Å². The van der Waals surface area contributed by atoms with Gasteiger partial charge in [-0.3, -0.25) is 4.79 Å².